The Morgan fingerprint density at radius 1 is 0.913 bits per heavy atom. The van der Waals surface area contributed by atoms with Gasteiger partial charge in [-0.3, -0.25) is 0 Å². The van der Waals surface area contributed by atoms with Gasteiger partial charge < -0.3 is 10.6 Å². The summed E-state index contributed by atoms with van der Waals surface area (Å²) in [6.45, 7) is 0.585. The fourth-order valence-electron chi connectivity index (χ4n) is 2.45. The van der Waals surface area contributed by atoms with Gasteiger partial charge in [0, 0.05) is 16.7 Å². The number of hydrogen-bond donors (Lipinski definition) is 2. The molecule has 0 aliphatic rings. The van der Waals surface area contributed by atoms with Crippen molar-refractivity contribution in [2.75, 3.05) is 11.9 Å². The normalized spacial score (nSPS) is 10.5. The molecule has 0 aromatic heterocycles. The Kier molecular flexibility index (Phi) is 4.93. The Bertz CT molecular complexity index is 832. The van der Waals surface area contributed by atoms with E-state index < -0.39 is 0 Å². The van der Waals surface area contributed by atoms with Crippen LogP contribution < -0.4 is 10.6 Å². The smallest absolute Gasteiger partial charge is 0.319 e. The molecule has 0 aliphatic heterocycles. The number of urea groups is 1. The molecule has 3 aromatic rings. The lowest BCUT2D eigenvalue weighted by Gasteiger charge is -2.09. The number of fused-ring (bicyclic) bond motifs is 1. The first-order chi connectivity index (χ1) is 11.2. The topological polar surface area (TPSA) is 41.1 Å². The molecule has 3 aromatic carbocycles. The zero-order valence-corrected chi connectivity index (χ0v) is 14.1. The lowest BCUT2D eigenvalue weighted by molar-refractivity contribution is 0.252. The van der Waals surface area contributed by atoms with Gasteiger partial charge >= 0.3 is 6.03 Å². The fraction of sp³-hybridized carbons (Fsp3) is 0.105. The third kappa shape index (κ3) is 4.11. The average molecular weight is 369 g/mol. The molecule has 3 nitrogen and oxygen atoms in total. The molecule has 0 aliphatic carbocycles. The number of benzene rings is 3. The third-order valence-electron chi connectivity index (χ3n) is 3.65. The van der Waals surface area contributed by atoms with Crippen LogP contribution in [0.2, 0.25) is 0 Å². The Morgan fingerprint density at radius 3 is 2.48 bits per heavy atom. The van der Waals surface area contributed by atoms with Gasteiger partial charge in [-0.05, 0) is 41.0 Å². The molecule has 2 N–H and O–H groups in total. The van der Waals surface area contributed by atoms with E-state index in [0.29, 0.717) is 6.54 Å². The number of halogens is 1. The van der Waals surface area contributed by atoms with Crippen LogP contribution in [0.25, 0.3) is 10.8 Å². The summed E-state index contributed by atoms with van der Waals surface area (Å²) in [6.07, 6.45) is 0.784. The third-order valence-corrected chi connectivity index (χ3v) is 4.42. The van der Waals surface area contributed by atoms with E-state index >= 15 is 0 Å². The predicted octanol–water partition coefficient (Wildman–Crippen LogP) is 4.97. The summed E-state index contributed by atoms with van der Waals surface area (Å²) in [4.78, 5) is 12.0. The van der Waals surface area contributed by atoms with E-state index in [1.807, 2.05) is 60.7 Å². The second kappa shape index (κ2) is 7.29. The molecule has 23 heavy (non-hydrogen) atoms. The van der Waals surface area contributed by atoms with Crippen molar-refractivity contribution in [2.24, 2.45) is 0 Å². The summed E-state index contributed by atoms with van der Waals surface area (Å²) in [5.74, 6) is 0. The highest BCUT2D eigenvalue weighted by Gasteiger charge is 2.03. The van der Waals surface area contributed by atoms with E-state index in [-0.39, 0.29) is 6.03 Å². The largest absolute Gasteiger partial charge is 0.338 e. The minimum Gasteiger partial charge on any atom is -0.338 e. The van der Waals surface area contributed by atoms with Crippen LogP contribution in [-0.4, -0.2) is 12.6 Å². The van der Waals surface area contributed by atoms with Crippen molar-refractivity contribution in [1.82, 2.24) is 5.32 Å². The van der Waals surface area contributed by atoms with E-state index in [2.05, 4.69) is 32.6 Å². The molecule has 0 spiro atoms. The lowest BCUT2D eigenvalue weighted by Crippen LogP contribution is -2.30. The number of nitrogens with one attached hydrogen (secondary N) is 2. The summed E-state index contributed by atoms with van der Waals surface area (Å²) in [5.41, 5.74) is 1.97. The maximum Gasteiger partial charge on any atom is 0.319 e. The first kappa shape index (κ1) is 15.6. The van der Waals surface area contributed by atoms with Crippen LogP contribution in [0.5, 0.6) is 0 Å². The number of carbonyl (C=O) groups excluding carboxylic acids is 1. The van der Waals surface area contributed by atoms with Crippen LogP contribution >= 0.6 is 15.9 Å². The molecule has 0 unspecified atom stereocenters. The second-order valence-corrected chi connectivity index (χ2v) is 6.14. The van der Waals surface area contributed by atoms with Crippen molar-refractivity contribution in [2.45, 2.75) is 6.42 Å². The van der Waals surface area contributed by atoms with Crippen molar-refractivity contribution in [3.05, 3.63) is 76.8 Å². The van der Waals surface area contributed by atoms with Crippen molar-refractivity contribution in [3.8, 4) is 0 Å². The van der Waals surface area contributed by atoms with Crippen molar-refractivity contribution in [1.29, 1.82) is 0 Å². The monoisotopic (exact) mass is 368 g/mol. The van der Waals surface area contributed by atoms with Gasteiger partial charge in [0.2, 0.25) is 0 Å². The molecule has 0 heterocycles. The number of rotatable bonds is 4. The Morgan fingerprint density at radius 2 is 1.65 bits per heavy atom. The molecule has 0 bridgehead atoms. The van der Waals surface area contributed by atoms with Gasteiger partial charge in [0.25, 0.3) is 0 Å². The summed E-state index contributed by atoms with van der Waals surface area (Å²) < 4.78 is 1.07. The molecule has 0 atom stereocenters. The van der Waals surface area contributed by atoms with E-state index in [1.165, 1.54) is 5.56 Å². The Balaban J connectivity index is 1.55. The first-order valence-corrected chi connectivity index (χ1v) is 8.29. The molecular weight excluding hydrogens is 352 g/mol. The minimum absolute atomic E-state index is 0.188. The standard InChI is InChI=1S/C19H17BrN2O/c20-18-8-4-3-6-15(18)11-12-21-19(23)22-17-10-9-14-5-1-2-7-16(14)13-17/h1-10,13H,11-12H2,(H2,21,22,23). The zero-order chi connectivity index (χ0) is 16.1. The fourth-order valence-corrected chi connectivity index (χ4v) is 2.94. The molecule has 0 fully saturated rings. The summed E-state index contributed by atoms with van der Waals surface area (Å²) >= 11 is 3.51. The second-order valence-electron chi connectivity index (χ2n) is 5.28. The van der Waals surface area contributed by atoms with Gasteiger partial charge in [0.15, 0.2) is 0 Å². The zero-order valence-electron chi connectivity index (χ0n) is 12.6. The van der Waals surface area contributed by atoms with Crippen LogP contribution in [0.3, 0.4) is 0 Å². The van der Waals surface area contributed by atoms with Gasteiger partial charge in [0.1, 0.15) is 0 Å². The van der Waals surface area contributed by atoms with Gasteiger partial charge in [-0.15, -0.1) is 0 Å². The van der Waals surface area contributed by atoms with E-state index in [1.54, 1.807) is 0 Å². The first-order valence-electron chi connectivity index (χ1n) is 7.49. The summed E-state index contributed by atoms with van der Waals surface area (Å²) in [5, 5.41) is 8.03. The van der Waals surface area contributed by atoms with Gasteiger partial charge in [-0.1, -0.05) is 64.5 Å². The molecule has 2 amide bonds. The van der Waals surface area contributed by atoms with Crippen molar-refractivity contribution < 1.29 is 4.79 Å². The maximum atomic E-state index is 12.0. The van der Waals surface area contributed by atoms with E-state index in [4.69, 9.17) is 0 Å². The van der Waals surface area contributed by atoms with Crippen LogP contribution in [-0.2, 0) is 6.42 Å². The van der Waals surface area contributed by atoms with Crippen LogP contribution in [0.1, 0.15) is 5.56 Å². The van der Waals surface area contributed by atoms with Gasteiger partial charge in [0.05, 0.1) is 0 Å². The highest BCUT2D eigenvalue weighted by Crippen LogP contribution is 2.19. The Hall–Kier alpha value is -2.33. The maximum absolute atomic E-state index is 12.0. The van der Waals surface area contributed by atoms with Gasteiger partial charge in [-0.25, -0.2) is 4.79 Å². The summed E-state index contributed by atoms with van der Waals surface area (Å²) in [7, 11) is 0. The minimum atomic E-state index is -0.188. The van der Waals surface area contributed by atoms with Crippen molar-refractivity contribution >= 4 is 38.4 Å². The molecule has 0 radical (unpaired) electrons. The van der Waals surface area contributed by atoms with Crippen LogP contribution in [0, 0.1) is 0 Å². The van der Waals surface area contributed by atoms with Gasteiger partial charge in [-0.2, -0.15) is 0 Å². The summed E-state index contributed by atoms with van der Waals surface area (Å²) in [6, 6.07) is 21.8. The molecule has 4 heteroatoms. The number of carbonyl (C=O) groups is 1. The quantitative estimate of drug-likeness (QED) is 0.670. The van der Waals surface area contributed by atoms with Crippen LogP contribution in [0.15, 0.2) is 71.2 Å². The van der Waals surface area contributed by atoms with Crippen LogP contribution in [0.4, 0.5) is 10.5 Å². The average Bonchev–Trinajstić information content (AvgIpc) is 2.56. The van der Waals surface area contributed by atoms with Crippen molar-refractivity contribution in [3.63, 3.8) is 0 Å². The number of hydrogen-bond acceptors (Lipinski definition) is 1. The molecule has 0 saturated carbocycles. The predicted molar refractivity (Wildman–Crippen MR) is 98.8 cm³/mol. The molecule has 0 saturated heterocycles. The molecule has 3 rings (SSSR count). The van der Waals surface area contributed by atoms with E-state index in [0.717, 1.165) is 27.4 Å². The van der Waals surface area contributed by atoms with E-state index in [9.17, 15) is 4.79 Å². The Labute approximate surface area is 143 Å². The highest BCUT2D eigenvalue weighted by molar-refractivity contribution is 9.10. The lowest BCUT2D eigenvalue weighted by atomic mass is 10.1. The number of amides is 2. The SMILES string of the molecule is O=C(NCCc1ccccc1Br)Nc1ccc2ccccc2c1. The number of anilines is 1. The molecular formula is C19H17BrN2O. The molecule has 116 valence electrons. The highest BCUT2D eigenvalue weighted by atomic mass is 79.9.